The Morgan fingerprint density at radius 3 is 2.89 bits per heavy atom. The van der Waals surface area contributed by atoms with E-state index in [0.717, 1.165) is 12.0 Å². The molecule has 2 fully saturated rings. The first kappa shape index (κ1) is 5.69. The van der Waals surface area contributed by atoms with Gasteiger partial charge in [0.05, 0.1) is 0 Å². The summed E-state index contributed by atoms with van der Waals surface area (Å²) in [5.41, 5.74) is 0. The molecule has 2 heteroatoms. The van der Waals surface area contributed by atoms with E-state index in [1.165, 1.54) is 26.1 Å². The van der Waals surface area contributed by atoms with Crippen molar-refractivity contribution in [3.63, 3.8) is 0 Å². The van der Waals surface area contributed by atoms with Crippen molar-refractivity contribution in [2.75, 3.05) is 26.7 Å². The van der Waals surface area contributed by atoms with E-state index in [4.69, 9.17) is 0 Å². The van der Waals surface area contributed by atoms with Gasteiger partial charge in [0.2, 0.25) is 0 Å². The Labute approximate surface area is 56.2 Å². The molecule has 0 aromatic heterocycles. The minimum absolute atomic E-state index is 0.837. The minimum atomic E-state index is 0.837. The Kier molecular flexibility index (Phi) is 1.24. The third-order valence-electron chi connectivity index (χ3n) is 2.60. The molecule has 52 valence electrons. The summed E-state index contributed by atoms with van der Waals surface area (Å²) in [5, 5.41) is 3.44. The Bertz CT molecular complexity index is 113. The number of nitrogens with one attached hydrogen (secondary N) is 1. The van der Waals surface area contributed by atoms with Crippen LogP contribution in [0.1, 0.15) is 6.42 Å². The van der Waals surface area contributed by atoms with Crippen molar-refractivity contribution >= 4 is 0 Å². The van der Waals surface area contributed by atoms with Crippen LogP contribution in [0.4, 0.5) is 0 Å². The highest BCUT2D eigenvalue weighted by atomic mass is 15.2. The van der Waals surface area contributed by atoms with Crippen molar-refractivity contribution < 1.29 is 0 Å². The number of rotatable bonds is 0. The number of nitrogens with zero attached hydrogens (tertiary/aromatic N) is 1. The van der Waals surface area contributed by atoms with Gasteiger partial charge in [-0.3, -0.25) is 0 Å². The fourth-order valence-electron chi connectivity index (χ4n) is 1.78. The summed E-state index contributed by atoms with van der Waals surface area (Å²) in [7, 11) is 2.20. The molecule has 0 spiro atoms. The smallest absolute Gasteiger partial charge is 0.0235 e. The largest absolute Gasteiger partial charge is 0.312 e. The van der Waals surface area contributed by atoms with Crippen LogP contribution in [0.3, 0.4) is 0 Å². The molecule has 0 aromatic carbocycles. The molecule has 0 saturated carbocycles. The number of fused-ring (bicyclic) bond motifs is 1. The second-order valence-electron chi connectivity index (χ2n) is 3.33. The van der Waals surface area contributed by atoms with Crippen molar-refractivity contribution in [3.05, 3.63) is 0 Å². The Morgan fingerprint density at radius 2 is 2.44 bits per heavy atom. The van der Waals surface area contributed by atoms with Gasteiger partial charge in [-0.2, -0.15) is 0 Å². The molecule has 2 aliphatic rings. The van der Waals surface area contributed by atoms with Crippen molar-refractivity contribution in [1.82, 2.24) is 10.2 Å². The SMILES string of the molecule is CN1CC[C@H]2CN[C@@H]2C1. The summed E-state index contributed by atoms with van der Waals surface area (Å²) >= 11 is 0. The lowest BCUT2D eigenvalue weighted by Crippen LogP contribution is -2.61. The molecule has 2 aliphatic heterocycles. The number of likely N-dealkylation sites (tertiary alicyclic amines) is 1. The average Bonchev–Trinajstić information content (AvgIpc) is 1.78. The van der Waals surface area contributed by atoms with Gasteiger partial charge in [-0.1, -0.05) is 0 Å². The highest BCUT2D eigenvalue weighted by Gasteiger charge is 2.33. The van der Waals surface area contributed by atoms with Gasteiger partial charge in [0, 0.05) is 12.6 Å². The molecular formula is C7H14N2. The number of hydrogen-bond donors (Lipinski definition) is 1. The number of hydrogen-bond acceptors (Lipinski definition) is 2. The van der Waals surface area contributed by atoms with E-state index in [0.29, 0.717) is 0 Å². The molecule has 0 aromatic rings. The lowest BCUT2D eigenvalue weighted by atomic mass is 9.85. The fraction of sp³-hybridized carbons (Fsp3) is 1.00. The molecule has 1 N–H and O–H groups in total. The zero-order valence-electron chi connectivity index (χ0n) is 5.93. The van der Waals surface area contributed by atoms with Crippen LogP contribution >= 0.6 is 0 Å². The summed E-state index contributed by atoms with van der Waals surface area (Å²) in [6, 6.07) is 0.837. The number of likely N-dealkylation sites (N-methyl/N-ethyl adjacent to an activating group) is 1. The van der Waals surface area contributed by atoms with E-state index in [-0.39, 0.29) is 0 Å². The normalized spacial score (nSPS) is 43.7. The van der Waals surface area contributed by atoms with Crippen LogP contribution in [0.2, 0.25) is 0 Å². The molecule has 2 saturated heterocycles. The third kappa shape index (κ3) is 0.864. The Balaban J connectivity index is 1.92. The van der Waals surface area contributed by atoms with E-state index in [9.17, 15) is 0 Å². The Hall–Kier alpha value is -0.0800. The standard InChI is InChI=1S/C7H14N2/c1-9-3-2-6-4-8-7(6)5-9/h6-8H,2-5H2,1H3/t6-,7+/m0/s1. The molecule has 2 rings (SSSR count). The van der Waals surface area contributed by atoms with E-state index in [1.807, 2.05) is 0 Å². The van der Waals surface area contributed by atoms with Gasteiger partial charge in [0.1, 0.15) is 0 Å². The zero-order valence-corrected chi connectivity index (χ0v) is 5.93. The van der Waals surface area contributed by atoms with Crippen LogP contribution < -0.4 is 5.32 Å². The van der Waals surface area contributed by atoms with Gasteiger partial charge in [0.15, 0.2) is 0 Å². The second-order valence-corrected chi connectivity index (χ2v) is 3.33. The lowest BCUT2D eigenvalue weighted by Gasteiger charge is -2.45. The van der Waals surface area contributed by atoms with Crippen LogP contribution in [0.25, 0.3) is 0 Å². The maximum atomic E-state index is 3.44. The van der Waals surface area contributed by atoms with E-state index in [1.54, 1.807) is 0 Å². The highest BCUT2D eigenvalue weighted by Crippen LogP contribution is 2.22. The molecule has 9 heavy (non-hydrogen) atoms. The quantitative estimate of drug-likeness (QED) is 0.488. The molecule has 0 radical (unpaired) electrons. The predicted molar refractivity (Wildman–Crippen MR) is 37.4 cm³/mol. The topological polar surface area (TPSA) is 15.3 Å². The minimum Gasteiger partial charge on any atom is -0.312 e. The summed E-state index contributed by atoms with van der Waals surface area (Å²) < 4.78 is 0. The van der Waals surface area contributed by atoms with Gasteiger partial charge >= 0.3 is 0 Å². The first-order valence-electron chi connectivity index (χ1n) is 3.78. The van der Waals surface area contributed by atoms with Gasteiger partial charge in [-0.15, -0.1) is 0 Å². The first-order valence-corrected chi connectivity index (χ1v) is 3.78. The average molecular weight is 126 g/mol. The maximum absolute atomic E-state index is 3.44. The van der Waals surface area contributed by atoms with E-state index < -0.39 is 0 Å². The van der Waals surface area contributed by atoms with Crippen molar-refractivity contribution in [2.24, 2.45) is 5.92 Å². The second kappa shape index (κ2) is 1.96. The lowest BCUT2D eigenvalue weighted by molar-refractivity contribution is 0.103. The highest BCUT2D eigenvalue weighted by molar-refractivity contribution is 4.93. The van der Waals surface area contributed by atoms with Crippen molar-refractivity contribution in [2.45, 2.75) is 12.5 Å². The van der Waals surface area contributed by atoms with Crippen LogP contribution in [-0.2, 0) is 0 Å². The van der Waals surface area contributed by atoms with Gasteiger partial charge in [-0.25, -0.2) is 0 Å². The van der Waals surface area contributed by atoms with Gasteiger partial charge in [-0.05, 0) is 32.5 Å². The first-order chi connectivity index (χ1) is 4.36. The third-order valence-corrected chi connectivity index (χ3v) is 2.60. The molecule has 2 nitrogen and oxygen atoms in total. The van der Waals surface area contributed by atoms with Crippen LogP contribution in [0.5, 0.6) is 0 Å². The number of piperidine rings is 1. The monoisotopic (exact) mass is 126 g/mol. The van der Waals surface area contributed by atoms with Crippen LogP contribution in [0, 0.1) is 5.92 Å². The summed E-state index contributed by atoms with van der Waals surface area (Å²) in [6.45, 7) is 3.85. The molecule has 2 atom stereocenters. The molecule has 0 bridgehead atoms. The summed E-state index contributed by atoms with van der Waals surface area (Å²) in [4.78, 5) is 2.41. The molecule has 0 amide bonds. The predicted octanol–water partition coefficient (Wildman–Crippen LogP) is -0.0901. The summed E-state index contributed by atoms with van der Waals surface area (Å²) in [5.74, 6) is 1.01. The summed E-state index contributed by atoms with van der Waals surface area (Å²) in [6.07, 6.45) is 1.41. The molecule has 0 unspecified atom stereocenters. The zero-order chi connectivity index (χ0) is 6.27. The van der Waals surface area contributed by atoms with Crippen molar-refractivity contribution in [3.8, 4) is 0 Å². The molecule has 2 heterocycles. The van der Waals surface area contributed by atoms with Gasteiger partial charge in [0.25, 0.3) is 0 Å². The fourth-order valence-corrected chi connectivity index (χ4v) is 1.78. The van der Waals surface area contributed by atoms with Crippen LogP contribution in [0.15, 0.2) is 0 Å². The molecule has 0 aliphatic carbocycles. The van der Waals surface area contributed by atoms with Crippen molar-refractivity contribution in [1.29, 1.82) is 0 Å². The Morgan fingerprint density at radius 1 is 1.56 bits per heavy atom. The molecular weight excluding hydrogens is 112 g/mol. The van der Waals surface area contributed by atoms with E-state index in [2.05, 4.69) is 17.3 Å². The van der Waals surface area contributed by atoms with E-state index >= 15 is 0 Å². The van der Waals surface area contributed by atoms with Gasteiger partial charge < -0.3 is 10.2 Å². The maximum Gasteiger partial charge on any atom is 0.0235 e. The van der Waals surface area contributed by atoms with Crippen LogP contribution in [-0.4, -0.2) is 37.6 Å².